The molecule has 1 saturated carbocycles. The fourth-order valence-electron chi connectivity index (χ4n) is 3.47. The molecule has 1 N–H and O–H groups in total. The zero-order valence-corrected chi connectivity index (χ0v) is 11.0. The van der Waals surface area contributed by atoms with E-state index in [1.165, 1.54) is 45.2 Å². The summed E-state index contributed by atoms with van der Waals surface area (Å²) in [5, 5.41) is 3.77. The third kappa shape index (κ3) is 2.67. The molecule has 0 radical (unpaired) electrons. The second kappa shape index (κ2) is 5.25. The van der Waals surface area contributed by atoms with Crippen molar-refractivity contribution in [2.75, 3.05) is 26.3 Å². The van der Waals surface area contributed by atoms with Crippen LogP contribution in [0, 0.1) is 5.92 Å². The highest BCUT2D eigenvalue weighted by molar-refractivity contribution is 4.96. The van der Waals surface area contributed by atoms with Crippen LogP contribution in [0.3, 0.4) is 0 Å². The van der Waals surface area contributed by atoms with Gasteiger partial charge in [0, 0.05) is 37.8 Å². The maximum Gasteiger partial charge on any atom is 0.0621 e. The first-order valence-corrected chi connectivity index (χ1v) is 7.45. The predicted octanol–water partition coefficient (Wildman–Crippen LogP) is 1.63. The standard InChI is InChI=1S/C14H26N2O/c1-2-12-8-15-14(11-5-6-11)9-16(12)13-4-3-7-17-10-13/h11-15H,2-10H2,1H3. The lowest BCUT2D eigenvalue weighted by molar-refractivity contribution is -0.0178. The van der Waals surface area contributed by atoms with E-state index < -0.39 is 0 Å². The van der Waals surface area contributed by atoms with Crippen LogP contribution in [0.5, 0.6) is 0 Å². The highest BCUT2D eigenvalue weighted by Crippen LogP contribution is 2.35. The molecule has 2 heterocycles. The molecule has 1 aliphatic carbocycles. The molecule has 2 saturated heterocycles. The number of hydrogen-bond acceptors (Lipinski definition) is 3. The van der Waals surface area contributed by atoms with Crippen LogP contribution in [0.15, 0.2) is 0 Å². The normalized spacial score (nSPS) is 40.4. The number of hydrogen-bond donors (Lipinski definition) is 1. The van der Waals surface area contributed by atoms with E-state index >= 15 is 0 Å². The van der Waals surface area contributed by atoms with E-state index in [-0.39, 0.29) is 0 Å². The molecule has 3 heteroatoms. The molecule has 0 aromatic carbocycles. The summed E-state index contributed by atoms with van der Waals surface area (Å²) in [5.74, 6) is 0.972. The summed E-state index contributed by atoms with van der Waals surface area (Å²) >= 11 is 0. The van der Waals surface area contributed by atoms with Crippen LogP contribution in [0.4, 0.5) is 0 Å². The Hall–Kier alpha value is -0.120. The van der Waals surface area contributed by atoms with Crippen LogP contribution in [0.1, 0.15) is 39.0 Å². The molecule has 0 bridgehead atoms. The van der Waals surface area contributed by atoms with Crippen LogP contribution >= 0.6 is 0 Å². The van der Waals surface area contributed by atoms with Crippen molar-refractivity contribution in [2.45, 2.75) is 57.2 Å². The Bertz CT molecular complexity index is 249. The van der Waals surface area contributed by atoms with Gasteiger partial charge in [-0.25, -0.2) is 0 Å². The first-order valence-electron chi connectivity index (χ1n) is 7.45. The smallest absolute Gasteiger partial charge is 0.0621 e. The summed E-state index contributed by atoms with van der Waals surface area (Å²) in [6.45, 7) is 6.71. The number of piperazine rings is 1. The van der Waals surface area contributed by atoms with E-state index in [9.17, 15) is 0 Å². The molecular formula is C14H26N2O. The van der Waals surface area contributed by atoms with Crippen molar-refractivity contribution in [3.05, 3.63) is 0 Å². The average molecular weight is 238 g/mol. The molecule has 3 fully saturated rings. The van der Waals surface area contributed by atoms with Gasteiger partial charge in [0.25, 0.3) is 0 Å². The molecule has 3 aliphatic rings. The monoisotopic (exact) mass is 238 g/mol. The molecule has 0 spiro atoms. The highest BCUT2D eigenvalue weighted by Gasteiger charge is 2.39. The summed E-state index contributed by atoms with van der Waals surface area (Å²) in [4.78, 5) is 2.76. The fraction of sp³-hybridized carbons (Fsp3) is 1.00. The second-order valence-electron chi connectivity index (χ2n) is 5.98. The summed E-state index contributed by atoms with van der Waals surface area (Å²) < 4.78 is 5.68. The molecule has 3 nitrogen and oxygen atoms in total. The molecule has 0 aromatic rings. The molecule has 3 rings (SSSR count). The van der Waals surface area contributed by atoms with Crippen LogP contribution in [-0.2, 0) is 4.74 Å². The van der Waals surface area contributed by atoms with Gasteiger partial charge in [0.1, 0.15) is 0 Å². The van der Waals surface area contributed by atoms with Crippen molar-refractivity contribution in [3.63, 3.8) is 0 Å². The lowest BCUT2D eigenvalue weighted by Crippen LogP contribution is -2.61. The molecule has 98 valence electrons. The average Bonchev–Trinajstić information content (AvgIpc) is 3.23. The van der Waals surface area contributed by atoms with Gasteiger partial charge in [-0.05, 0) is 38.0 Å². The van der Waals surface area contributed by atoms with Crippen LogP contribution in [0.2, 0.25) is 0 Å². The van der Waals surface area contributed by atoms with Gasteiger partial charge in [-0.1, -0.05) is 6.92 Å². The Kier molecular flexibility index (Phi) is 3.69. The molecular weight excluding hydrogens is 212 g/mol. The van der Waals surface area contributed by atoms with E-state index in [2.05, 4.69) is 17.1 Å². The lowest BCUT2D eigenvalue weighted by atomic mass is 9.98. The Morgan fingerprint density at radius 3 is 2.82 bits per heavy atom. The molecule has 0 amide bonds. The van der Waals surface area contributed by atoms with E-state index in [1.807, 2.05) is 0 Å². The zero-order valence-electron chi connectivity index (χ0n) is 11.0. The first kappa shape index (κ1) is 11.9. The molecule has 17 heavy (non-hydrogen) atoms. The largest absolute Gasteiger partial charge is 0.380 e. The zero-order chi connectivity index (χ0) is 11.7. The van der Waals surface area contributed by atoms with Crippen molar-refractivity contribution in [3.8, 4) is 0 Å². The summed E-state index contributed by atoms with van der Waals surface area (Å²) in [7, 11) is 0. The molecule has 0 aromatic heterocycles. The van der Waals surface area contributed by atoms with E-state index in [1.54, 1.807) is 0 Å². The van der Waals surface area contributed by atoms with E-state index in [0.29, 0.717) is 6.04 Å². The number of rotatable bonds is 3. The molecule has 3 atom stereocenters. The van der Waals surface area contributed by atoms with Gasteiger partial charge in [-0.3, -0.25) is 4.90 Å². The third-order valence-corrected chi connectivity index (χ3v) is 4.76. The van der Waals surface area contributed by atoms with Crippen molar-refractivity contribution in [1.82, 2.24) is 10.2 Å². The second-order valence-corrected chi connectivity index (χ2v) is 5.98. The Labute approximate surface area is 105 Å². The van der Waals surface area contributed by atoms with Crippen molar-refractivity contribution in [2.24, 2.45) is 5.92 Å². The lowest BCUT2D eigenvalue weighted by Gasteiger charge is -2.45. The Morgan fingerprint density at radius 2 is 2.18 bits per heavy atom. The Balaban J connectivity index is 1.63. The van der Waals surface area contributed by atoms with Gasteiger partial charge in [0.15, 0.2) is 0 Å². The number of nitrogens with zero attached hydrogens (tertiary/aromatic N) is 1. The number of nitrogens with one attached hydrogen (secondary N) is 1. The predicted molar refractivity (Wildman–Crippen MR) is 69.1 cm³/mol. The molecule has 3 unspecified atom stereocenters. The highest BCUT2D eigenvalue weighted by atomic mass is 16.5. The Morgan fingerprint density at radius 1 is 1.29 bits per heavy atom. The van der Waals surface area contributed by atoms with Crippen molar-refractivity contribution in [1.29, 1.82) is 0 Å². The maximum atomic E-state index is 5.68. The van der Waals surface area contributed by atoms with Crippen LogP contribution in [-0.4, -0.2) is 49.3 Å². The molecule has 2 aliphatic heterocycles. The minimum Gasteiger partial charge on any atom is -0.380 e. The van der Waals surface area contributed by atoms with Gasteiger partial charge >= 0.3 is 0 Å². The fourth-order valence-corrected chi connectivity index (χ4v) is 3.47. The van der Waals surface area contributed by atoms with Gasteiger partial charge in [0.2, 0.25) is 0 Å². The van der Waals surface area contributed by atoms with E-state index in [4.69, 9.17) is 4.74 Å². The SMILES string of the molecule is CCC1CNC(C2CC2)CN1C1CCCOC1. The first-order chi connectivity index (χ1) is 8.38. The van der Waals surface area contributed by atoms with Gasteiger partial charge in [-0.2, -0.15) is 0 Å². The minimum absolute atomic E-state index is 0.692. The quantitative estimate of drug-likeness (QED) is 0.809. The minimum atomic E-state index is 0.692. The van der Waals surface area contributed by atoms with Gasteiger partial charge in [-0.15, -0.1) is 0 Å². The summed E-state index contributed by atoms with van der Waals surface area (Å²) in [6, 6.07) is 2.19. The van der Waals surface area contributed by atoms with Crippen LogP contribution < -0.4 is 5.32 Å². The maximum absolute atomic E-state index is 5.68. The summed E-state index contributed by atoms with van der Waals surface area (Å²) in [6.07, 6.45) is 6.75. The van der Waals surface area contributed by atoms with Crippen molar-refractivity contribution >= 4 is 0 Å². The number of ether oxygens (including phenoxy) is 1. The van der Waals surface area contributed by atoms with Gasteiger partial charge < -0.3 is 10.1 Å². The third-order valence-electron chi connectivity index (χ3n) is 4.76. The van der Waals surface area contributed by atoms with Gasteiger partial charge in [0.05, 0.1) is 6.61 Å². The topological polar surface area (TPSA) is 24.5 Å². The summed E-state index contributed by atoms with van der Waals surface area (Å²) in [5.41, 5.74) is 0. The van der Waals surface area contributed by atoms with Crippen LogP contribution in [0.25, 0.3) is 0 Å². The van der Waals surface area contributed by atoms with Crippen molar-refractivity contribution < 1.29 is 4.74 Å². The van der Waals surface area contributed by atoms with E-state index in [0.717, 1.165) is 31.2 Å².